The van der Waals surface area contributed by atoms with Gasteiger partial charge in [-0.25, -0.2) is 0 Å². The number of benzene rings is 2. The van der Waals surface area contributed by atoms with Gasteiger partial charge in [0, 0.05) is 31.4 Å². The number of likely N-dealkylation sites (N-methyl/N-ethyl adjacent to an activating group) is 1. The molecular weight excluding hydrogens is 424 g/mol. The second-order valence-corrected chi connectivity index (χ2v) is 9.31. The summed E-state index contributed by atoms with van der Waals surface area (Å²) >= 11 is 0. The zero-order valence-electron chi connectivity index (χ0n) is 20.9. The van der Waals surface area contributed by atoms with Crippen LogP contribution in [0.25, 0.3) is 0 Å². The Hall–Kier alpha value is -2.21. The number of hydrogen-bond donors (Lipinski definition) is 2. The van der Waals surface area contributed by atoms with E-state index in [2.05, 4.69) is 22.8 Å². The molecule has 2 N–H and O–H groups in total. The fourth-order valence-electron chi connectivity index (χ4n) is 4.90. The van der Waals surface area contributed by atoms with Crippen molar-refractivity contribution >= 4 is 5.91 Å². The molecule has 186 valence electrons. The number of amides is 1. The summed E-state index contributed by atoms with van der Waals surface area (Å²) in [5, 5.41) is 6.55. The molecule has 2 aromatic rings. The van der Waals surface area contributed by atoms with Gasteiger partial charge in [0.05, 0.1) is 6.61 Å². The van der Waals surface area contributed by atoms with E-state index in [1.165, 1.54) is 32.1 Å². The Balaban J connectivity index is 1.69. The molecule has 1 aliphatic carbocycles. The van der Waals surface area contributed by atoms with Crippen LogP contribution in [0.1, 0.15) is 79.5 Å². The number of nitrogens with one attached hydrogen (secondary N) is 2. The van der Waals surface area contributed by atoms with Gasteiger partial charge in [0.2, 0.25) is 0 Å². The van der Waals surface area contributed by atoms with Crippen molar-refractivity contribution in [3.05, 3.63) is 71.3 Å². The fourth-order valence-corrected chi connectivity index (χ4v) is 4.90. The van der Waals surface area contributed by atoms with Gasteiger partial charge in [0.1, 0.15) is 6.10 Å². The highest BCUT2D eigenvalue weighted by Gasteiger charge is 2.22. The molecule has 0 aromatic heterocycles. The number of hydrogen-bond acceptors (Lipinski definition) is 4. The molecule has 5 heteroatoms. The van der Waals surface area contributed by atoms with Crippen LogP contribution in [0.3, 0.4) is 0 Å². The van der Waals surface area contributed by atoms with Crippen LogP contribution >= 0.6 is 0 Å². The molecule has 1 amide bonds. The van der Waals surface area contributed by atoms with Crippen LogP contribution in [0.5, 0.6) is 0 Å². The molecule has 34 heavy (non-hydrogen) atoms. The fraction of sp³-hybridized carbons (Fsp3) is 0.552. The summed E-state index contributed by atoms with van der Waals surface area (Å²) in [7, 11) is 1.95. The lowest BCUT2D eigenvalue weighted by Gasteiger charge is -2.27. The van der Waals surface area contributed by atoms with Crippen LogP contribution < -0.4 is 10.6 Å². The van der Waals surface area contributed by atoms with Gasteiger partial charge in [-0.15, -0.1) is 0 Å². The highest BCUT2D eigenvalue weighted by Crippen LogP contribution is 2.28. The first kappa shape index (κ1) is 26.4. The van der Waals surface area contributed by atoms with Crippen molar-refractivity contribution in [1.82, 2.24) is 10.6 Å². The van der Waals surface area contributed by atoms with E-state index in [-0.39, 0.29) is 18.1 Å². The molecule has 0 spiro atoms. The van der Waals surface area contributed by atoms with E-state index in [9.17, 15) is 4.79 Å². The molecule has 3 rings (SSSR count). The predicted molar refractivity (Wildman–Crippen MR) is 138 cm³/mol. The first-order valence-corrected chi connectivity index (χ1v) is 13.0. The Labute approximate surface area is 205 Å². The van der Waals surface area contributed by atoms with Crippen molar-refractivity contribution in [2.75, 3.05) is 33.4 Å². The molecule has 5 nitrogen and oxygen atoms in total. The van der Waals surface area contributed by atoms with Crippen LogP contribution in [-0.4, -0.2) is 45.4 Å². The standard InChI is InChI=1S/C29H42N2O3/c1-3-33-18-11-19-34-28(24-14-8-5-9-15-24)25-16-10-17-26(21-25)29(32)31-27(22-30-2)20-23-12-6-4-7-13-23/h5,8-10,14-17,21,23,27-28,30H,3-4,6-7,11-13,18-20,22H2,1-2H3,(H,31,32)/t27-,28?/m0/s1. The van der Waals surface area contributed by atoms with E-state index in [0.29, 0.717) is 31.3 Å². The number of carbonyl (C=O) groups excluding carboxylic acids is 1. The minimum Gasteiger partial charge on any atom is -0.382 e. The van der Waals surface area contributed by atoms with E-state index < -0.39 is 0 Å². The number of rotatable bonds is 14. The Bertz CT molecular complexity index is 836. The summed E-state index contributed by atoms with van der Waals surface area (Å²) in [5.74, 6) is 0.701. The van der Waals surface area contributed by atoms with Gasteiger partial charge in [-0.05, 0) is 56.0 Å². The third-order valence-corrected chi connectivity index (χ3v) is 6.60. The monoisotopic (exact) mass is 466 g/mol. The van der Waals surface area contributed by atoms with E-state index in [0.717, 1.165) is 30.5 Å². The van der Waals surface area contributed by atoms with Crippen molar-refractivity contribution in [3.8, 4) is 0 Å². The van der Waals surface area contributed by atoms with Gasteiger partial charge in [0.15, 0.2) is 0 Å². The van der Waals surface area contributed by atoms with Gasteiger partial charge in [-0.1, -0.05) is 74.6 Å². The summed E-state index contributed by atoms with van der Waals surface area (Å²) in [4.78, 5) is 13.2. The zero-order valence-corrected chi connectivity index (χ0v) is 20.9. The molecule has 1 saturated carbocycles. The van der Waals surface area contributed by atoms with Crippen LogP contribution in [-0.2, 0) is 9.47 Å². The normalized spacial score (nSPS) is 16.2. The van der Waals surface area contributed by atoms with Crippen molar-refractivity contribution in [1.29, 1.82) is 0 Å². The second kappa shape index (κ2) is 14.9. The average molecular weight is 467 g/mol. The summed E-state index contributed by atoms with van der Waals surface area (Å²) in [5.41, 5.74) is 2.76. The maximum Gasteiger partial charge on any atom is 0.251 e. The summed E-state index contributed by atoms with van der Waals surface area (Å²) in [6.45, 7) is 4.79. The Morgan fingerprint density at radius 3 is 2.50 bits per heavy atom. The molecule has 2 aromatic carbocycles. The second-order valence-electron chi connectivity index (χ2n) is 9.31. The third kappa shape index (κ3) is 8.53. The van der Waals surface area contributed by atoms with Crippen LogP contribution in [0.15, 0.2) is 54.6 Å². The lowest BCUT2D eigenvalue weighted by Crippen LogP contribution is -2.42. The topological polar surface area (TPSA) is 59.6 Å². The Morgan fingerprint density at radius 2 is 1.76 bits per heavy atom. The summed E-state index contributed by atoms with van der Waals surface area (Å²) in [6.07, 6.45) is 8.22. The molecule has 0 saturated heterocycles. The molecule has 0 heterocycles. The van der Waals surface area contributed by atoms with Crippen LogP contribution in [0.4, 0.5) is 0 Å². The lowest BCUT2D eigenvalue weighted by molar-refractivity contribution is 0.0544. The van der Waals surface area contributed by atoms with Crippen LogP contribution in [0, 0.1) is 5.92 Å². The molecule has 1 fully saturated rings. The number of ether oxygens (including phenoxy) is 2. The first-order chi connectivity index (χ1) is 16.7. The first-order valence-electron chi connectivity index (χ1n) is 13.0. The maximum absolute atomic E-state index is 13.2. The van der Waals surface area contributed by atoms with Crippen LogP contribution in [0.2, 0.25) is 0 Å². The molecular formula is C29H42N2O3. The van der Waals surface area contributed by atoms with Crippen molar-refractivity contribution in [2.24, 2.45) is 5.92 Å². The van der Waals surface area contributed by atoms with E-state index >= 15 is 0 Å². The third-order valence-electron chi connectivity index (χ3n) is 6.60. The molecule has 0 radical (unpaired) electrons. The molecule has 2 atom stereocenters. The molecule has 1 aliphatic rings. The van der Waals surface area contributed by atoms with E-state index in [1.54, 1.807) is 0 Å². The number of carbonyl (C=O) groups is 1. The van der Waals surface area contributed by atoms with Gasteiger partial charge < -0.3 is 20.1 Å². The van der Waals surface area contributed by atoms with E-state index in [1.807, 2.05) is 56.4 Å². The van der Waals surface area contributed by atoms with Gasteiger partial charge in [-0.3, -0.25) is 4.79 Å². The molecule has 0 bridgehead atoms. The van der Waals surface area contributed by atoms with Crippen molar-refractivity contribution in [3.63, 3.8) is 0 Å². The molecule has 1 unspecified atom stereocenters. The largest absolute Gasteiger partial charge is 0.382 e. The molecule has 0 aliphatic heterocycles. The lowest BCUT2D eigenvalue weighted by atomic mass is 9.84. The maximum atomic E-state index is 13.2. The van der Waals surface area contributed by atoms with Crippen molar-refractivity contribution in [2.45, 2.75) is 64.0 Å². The predicted octanol–water partition coefficient (Wildman–Crippen LogP) is 5.51. The highest BCUT2D eigenvalue weighted by atomic mass is 16.5. The SMILES string of the molecule is CCOCCCOC(c1ccccc1)c1cccc(C(=O)N[C@H](CNC)CC2CCCCC2)c1. The zero-order chi connectivity index (χ0) is 24.0. The summed E-state index contributed by atoms with van der Waals surface area (Å²) in [6, 6.07) is 18.2. The Morgan fingerprint density at radius 1 is 1.00 bits per heavy atom. The van der Waals surface area contributed by atoms with Crippen molar-refractivity contribution < 1.29 is 14.3 Å². The van der Waals surface area contributed by atoms with E-state index in [4.69, 9.17) is 9.47 Å². The minimum absolute atomic E-state index is 0.0129. The highest BCUT2D eigenvalue weighted by molar-refractivity contribution is 5.94. The Kier molecular flexibility index (Phi) is 11.6. The van der Waals surface area contributed by atoms with Gasteiger partial charge in [0.25, 0.3) is 5.91 Å². The smallest absolute Gasteiger partial charge is 0.251 e. The quantitative estimate of drug-likeness (QED) is 0.361. The average Bonchev–Trinajstić information content (AvgIpc) is 2.87. The van der Waals surface area contributed by atoms with Gasteiger partial charge in [-0.2, -0.15) is 0 Å². The van der Waals surface area contributed by atoms with Gasteiger partial charge >= 0.3 is 0 Å². The minimum atomic E-state index is -0.217. The summed E-state index contributed by atoms with van der Waals surface area (Å²) < 4.78 is 11.7.